The molecule has 0 aromatic carbocycles. The third kappa shape index (κ3) is 2.68. The maximum Gasteiger partial charge on any atom is 0.224 e. The molecule has 0 N–H and O–H groups in total. The lowest BCUT2D eigenvalue weighted by Crippen LogP contribution is -2.45. The summed E-state index contributed by atoms with van der Waals surface area (Å²) in [5, 5.41) is 4.42. The number of anilines is 1. The monoisotopic (exact) mass is 328 g/mol. The second-order valence-electron chi connectivity index (χ2n) is 6.16. The average Bonchev–Trinajstić information content (AvgIpc) is 3.02. The molecule has 0 radical (unpaired) electrons. The Labute approximate surface area is 140 Å². The van der Waals surface area contributed by atoms with Crippen molar-refractivity contribution in [3.05, 3.63) is 30.4 Å². The number of aromatic nitrogens is 4. The van der Waals surface area contributed by atoms with E-state index in [0.717, 1.165) is 31.0 Å². The van der Waals surface area contributed by atoms with Gasteiger partial charge in [-0.15, -0.1) is 0 Å². The van der Waals surface area contributed by atoms with E-state index in [1.807, 2.05) is 21.7 Å². The van der Waals surface area contributed by atoms with Gasteiger partial charge in [0.25, 0.3) is 0 Å². The van der Waals surface area contributed by atoms with Crippen LogP contribution in [0.2, 0.25) is 0 Å². The van der Waals surface area contributed by atoms with Gasteiger partial charge in [-0.3, -0.25) is 9.48 Å². The molecule has 2 aliphatic rings. The van der Waals surface area contributed by atoms with Crippen molar-refractivity contribution in [2.75, 3.05) is 31.6 Å². The first kappa shape index (κ1) is 14.9. The van der Waals surface area contributed by atoms with Crippen molar-refractivity contribution in [1.82, 2.24) is 24.6 Å². The third-order valence-electron chi connectivity index (χ3n) is 4.66. The maximum absolute atomic E-state index is 12.4. The number of likely N-dealkylation sites (tertiary alicyclic amines) is 1. The van der Waals surface area contributed by atoms with Gasteiger partial charge >= 0.3 is 0 Å². The Hall–Kier alpha value is -2.64. The van der Waals surface area contributed by atoms with E-state index in [9.17, 15) is 4.79 Å². The Morgan fingerprint density at radius 1 is 1.38 bits per heavy atom. The van der Waals surface area contributed by atoms with Crippen LogP contribution < -0.4 is 9.64 Å². The molecule has 4 rings (SSSR count). The van der Waals surface area contributed by atoms with Gasteiger partial charge in [0.15, 0.2) is 0 Å². The Kier molecular flexibility index (Phi) is 3.79. The number of rotatable bonds is 4. The Morgan fingerprint density at radius 2 is 2.25 bits per heavy atom. The van der Waals surface area contributed by atoms with Crippen molar-refractivity contribution < 1.29 is 9.53 Å². The molecule has 2 aliphatic heterocycles. The Bertz CT molecular complexity index is 742. The first-order valence-electron chi connectivity index (χ1n) is 8.16. The topological polar surface area (TPSA) is 76.4 Å². The van der Waals surface area contributed by atoms with Gasteiger partial charge in [0, 0.05) is 31.9 Å². The van der Waals surface area contributed by atoms with Crippen LogP contribution in [0.25, 0.3) is 0 Å². The van der Waals surface area contributed by atoms with Crippen molar-refractivity contribution in [3.63, 3.8) is 0 Å². The highest BCUT2D eigenvalue weighted by Crippen LogP contribution is 2.28. The number of amides is 1. The normalized spacial score (nSPS) is 19.6. The van der Waals surface area contributed by atoms with Crippen LogP contribution >= 0.6 is 0 Å². The quantitative estimate of drug-likeness (QED) is 0.829. The first-order chi connectivity index (χ1) is 11.7. The van der Waals surface area contributed by atoms with Crippen LogP contribution in [0.5, 0.6) is 5.88 Å². The molecule has 1 atom stereocenters. The van der Waals surface area contributed by atoms with Crippen molar-refractivity contribution >= 4 is 11.7 Å². The van der Waals surface area contributed by atoms with Gasteiger partial charge in [-0.05, 0) is 12.5 Å². The van der Waals surface area contributed by atoms with Gasteiger partial charge in [0.1, 0.15) is 12.1 Å². The van der Waals surface area contributed by atoms with Crippen LogP contribution in [0.1, 0.15) is 24.6 Å². The van der Waals surface area contributed by atoms with Crippen LogP contribution in [0.15, 0.2) is 24.7 Å². The molecule has 4 heterocycles. The number of carbonyl (C=O) groups excluding carboxylic acids is 1. The molecule has 2 aromatic heterocycles. The van der Waals surface area contributed by atoms with Crippen LogP contribution in [0.3, 0.4) is 0 Å². The molecule has 0 saturated carbocycles. The van der Waals surface area contributed by atoms with E-state index >= 15 is 0 Å². The number of carbonyl (C=O) groups is 1. The molecule has 126 valence electrons. The molecule has 8 heteroatoms. The molecular weight excluding hydrogens is 308 g/mol. The van der Waals surface area contributed by atoms with E-state index in [4.69, 9.17) is 4.74 Å². The standard InChI is InChI=1S/C16H20N6O2/c1-24-15-8-14(17-11-18-15)21-9-12-3-4-19-22(12)13(10-21)7-16(23)20-5-2-6-20/h3-4,8,11,13H,2,5-7,9-10H2,1H3/t13-/m1/s1. The minimum atomic E-state index is 0.0119. The number of methoxy groups -OCH3 is 1. The second-order valence-corrected chi connectivity index (χ2v) is 6.16. The molecule has 0 bridgehead atoms. The molecule has 1 saturated heterocycles. The minimum Gasteiger partial charge on any atom is -0.481 e. The van der Waals surface area contributed by atoms with E-state index in [1.54, 1.807) is 13.3 Å². The van der Waals surface area contributed by atoms with Gasteiger partial charge in [-0.1, -0.05) is 0 Å². The molecule has 0 spiro atoms. The largest absolute Gasteiger partial charge is 0.481 e. The van der Waals surface area contributed by atoms with Crippen LogP contribution in [-0.2, 0) is 11.3 Å². The number of hydrogen-bond acceptors (Lipinski definition) is 6. The van der Waals surface area contributed by atoms with Crippen molar-refractivity contribution in [2.45, 2.75) is 25.4 Å². The van der Waals surface area contributed by atoms with Crippen molar-refractivity contribution in [2.24, 2.45) is 0 Å². The van der Waals surface area contributed by atoms with E-state index in [-0.39, 0.29) is 11.9 Å². The van der Waals surface area contributed by atoms with Crippen LogP contribution in [0.4, 0.5) is 5.82 Å². The summed E-state index contributed by atoms with van der Waals surface area (Å²) in [4.78, 5) is 24.9. The number of ether oxygens (including phenoxy) is 1. The number of nitrogens with zero attached hydrogens (tertiary/aromatic N) is 6. The van der Waals surface area contributed by atoms with Gasteiger partial charge in [0.05, 0.1) is 31.8 Å². The summed E-state index contributed by atoms with van der Waals surface area (Å²) in [7, 11) is 1.59. The Morgan fingerprint density at radius 3 is 3.00 bits per heavy atom. The molecule has 0 aliphatic carbocycles. The van der Waals surface area contributed by atoms with E-state index in [1.165, 1.54) is 6.33 Å². The average molecular weight is 328 g/mol. The van der Waals surface area contributed by atoms with Gasteiger partial charge in [0.2, 0.25) is 11.8 Å². The van der Waals surface area contributed by atoms with Crippen molar-refractivity contribution in [1.29, 1.82) is 0 Å². The maximum atomic E-state index is 12.4. The molecule has 1 amide bonds. The molecule has 8 nitrogen and oxygen atoms in total. The molecule has 24 heavy (non-hydrogen) atoms. The smallest absolute Gasteiger partial charge is 0.224 e. The molecule has 0 unspecified atom stereocenters. The van der Waals surface area contributed by atoms with Crippen LogP contribution in [-0.4, -0.2) is 57.3 Å². The van der Waals surface area contributed by atoms with Gasteiger partial charge in [-0.2, -0.15) is 5.10 Å². The highest BCUT2D eigenvalue weighted by molar-refractivity contribution is 5.77. The lowest BCUT2D eigenvalue weighted by molar-refractivity contribution is -0.135. The van der Waals surface area contributed by atoms with E-state index in [0.29, 0.717) is 25.4 Å². The van der Waals surface area contributed by atoms with Crippen LogP contribution in [0, 0.1) is 0 Å². The summed E-state index contributed by atoms with van der Waals surface area (Å²) in [6.07, 6.45) is 4.87. The fourth-order valence-corrected chi connectivity index (χ4v) is 3.22. The molecule has 2 aromatic rings. The highest BCUT2D eigenvalue weighted by Gasteiger charge is 2.31. The summed E-state index contributed by atoms with van der Waals surface area (Å²) in [5.41, 5.74) is 1.08. The molecule has 1 fully saturated rings. The zero-order valence-corrected chi connectivity index (χ0v) is 13.6. The zero-order chi connectivity index (χ0) is 16.5. The van der Waals surface area contributed by atoms with E-state index < -0.39 is 0 Å². The SMILES string of the molecule is COc1cc(N2Cc3ccnn3[C@H](CC(=O)N3CCC3)C2)ncn1. The van der Waals surface area contributed by atoms with E-state index in [2.05, 4.69) is 20.0 Å². The minimum absolute atomic E-state index is 0.0119. The summed E-state index contributed by atoms with van der Waals surface area (Å²) >= 11 is 0. The summed E-state index contributed by atoms with van der Waals surface area (Å²) < 4.78 is 7.17. The molecular formula is C16H20N6O2. The zero-order valence-electron chi connectivity index (χ0n) is 13.6. The fraction of sp³-hybridized carbons (Fsp3) is 0.500. The van der Waals surface area contributed by atoms with Gasteiger partial charge < -0.3 is 14.5 Å². The third-order valence-corrected chi connectivity index (χ3v) is 4.66. The predicted molar refractivity (Wildman–Crippen MR) is 86.7 cm³/mol. The summed E-state index contributed by atoms with van der Waals surface area (Å²) in [6, 6.07) is 3.82. The second kappa shape index (κ2) is 6.10. The Balaban J connectivity index is 1.57. The first-order valence-corrected chi connectivity index (χ1v) is 8.16. The summed E-state index contributed by atoms with van der Waals surface area (Å²) in [5.74, 6) is 1.54. The predicted octanol–water partition coefficient (Wildman–Crippen LogP) is 0.865. The highest BCUT2D eigenvalue weighted by atomic mass is 16.5. The lowest BCUT2D eigenvalue weighted by Gasteiger charge is -2.37. The lowest BCUT2D eigenvalue weighted by atomic mass is 10.1. The van der Waals surface area contributed by atoms with Gasteiger partial charge in [-0.25, -0.2) is 9.97 Å². The number of hydrogen-bond donors (Lipinski definition) is 0. The fourth-order valence-electron chi connectivity index (χ4n) is 3.22. The summed E-state index contributed by atoms with van der Waals surface area (Å²) in [6.45, 7) is 3.15. The number of fused-ring (bicyclic) bond motifs is 1. The van der Waals surface area contributed by atoms with Crippen molar-refractivity contribution in [3.8, 4) is 5.88 Å².